The van der Waals surface area contributed by atoms with Gasteiger partial charge in [-0.05, 0) is 38.2 Å². The molecule has 0 bridgehead atoms. The number of nitrogens with zero attached hydrogens (tertiary/aromatic N) is 2. The number of carbonyl (C=O) groups excluding carboxylic acids is 2. The minimum absolute atomic E-state index is 0.0822. The molecule has 2 aromatic rings. The van der Waals surface area contributed by atoms with Crippen molar-refractivity contribution in [3.05, 3.63) is 53.1 Å². The highest BCUT2D eigenvalue weighted by molar-refractivity contribution is 5.97. The van der Waals surface area contributed by atoms with E-state index >= 15 is 0 Å². The Morgan fingerprint density at radius 3 is 2.69 bits per heavy atom. The van der Waals surface area contributed by atoms with E-state index in [2.05, 4.69) is 15.6 Å². The van der Waals surface area contributed by atoms with Gasteiger partial charge in [-0.2, -0.15) is 0 Å². The molecule has 138 valence electrons. The Morgan fingerprint density at radius 1 is 1.19 bits per heavy atom. The fourth-order valence-corrected chi connectivity index (χ4v) is 3.15. The molecule has 1 unspecified atom stereocenters. The van der Waals surface area contributed by atoms with Crippen LogP contribution in [-0.2, 0) is 19.5 Å². The van der Waals surface area contributed by atoms with Crippen LogP contribution in [0.2, 0.25) is 0 Å². The zero-order chi connectivity index (χ0) is 18.5. The Balaban J connectivity index is 1.80. The number of hydrogen-bond acceptors (Lipinski definition) is 3. The van der Waals surface area contributed by atoms with Gasteiger partial charge in [-0.15, -0.1) is 0 Å². The van der Waals surface area contributed by atoms with Crippen LogP contribution >= 0.6 is 0 Å². The Bertz CT molecular complexity index is 783. The second kappa shape index (κ2) is 8.17. The quantitative estimate of drug-likeness (QED) is 0.837. The first-order valence-corrected chi connectivity index (χ1v) is 9.32. The number of hydrogen-bond donors (Lipinski definition) is 2. The standard InChI is InChI=1S/C20H26N4O2/c1-3-14(2)22-19(25)17-16-11-7-8-12-24(16)18(23-17)20(26)21-13-15-9-5-4-6-10-15/h4-6,9-10,14H,3,7-8,11-13H2,1-2H3,(H,21,26)(H,22,25). The molecule has 3 rings (SSSR count). The summed E-state index contributed by atoms with van der Waals surface area (Å²) in [5, 5.41) is 5.88. The maximum Gasteiger partial charge on any atom is 0.287 e. The molecule has 1 atom stereocenters. The summed E-state index contributed by atoms with van der Waals surface area (Å²) in [4.78, 5) is 29.7. The monoisotopic (exact) mass is 354 g/mol. The van der Waals surface area contributed by atoms with Gasteiger partial charge < -0.3 is 15.2 Å². The Hall–Kier alpha value is -2.63. The lowest BCUT2D eigenvalue weighted by Gasteiger charge is -2.17. The van der Waals surface area contributed by atoms with Crippen molar-refractivity contribution in [3.8, 4) is 0 Å². The molecule has 0 fully saturated rings. The molecule has 2 heterocycles. The van der Waals surface area contributed by atoms with Gasteiger partial charge in [0.25, 0.3) is 11.8 Å². The van der Waals surface area contributed by atoms with Gasteiger partial charge in [0.05, 0.1) is 5.69 Å². The lowest BCUT2D eigenvalue weighted by molar-refractivity contribution is 0.0932. The van der Waals surface area contributed by atoms with Crippen LogP contribution in [0.3, 0.4) is 0 Å². The zero-order valence-electron chi connectivity index (χ0n) is 15.4. The van der Waals surface area contributed by atoms with E-state index in [0.29, 0.717) is 18.1 Å². The summed E-state index contributed by atoms with van der Waals surface area (Å²) in [6, 6.07) is 9.84. The van der Waals surface area contributed by atoms with Gasteiger partial charge in [0.2, 0.25) is 0 Å². The smallest absolute Gasteiger partial charge is 0.287 e. The van der Waals surface area contributed by atoms with Gasteiger partial charge in [0.1, 0.15) is 5.69 Å². The summed E-state index contributed by atoms with van der Waals surface area (Å²) in [6.07, 6.45) is 3.64. The van der Waals surface area contributed by atoms with E-state index in [1.54, 1.807) is 0 Å². The number of amides is 2. The molecule has 6 heteroatoms. The SMILES string of the molecule is CCC(C)NC(=O)c1nc(C(=O)NCc2ccccc2)n2c1CCCC2. The van der Waals surface area contributed by atoms with Crippen molar-refractivity contribution in [1.29, 1.82) is 0 Å². The van der Waals surface area contributed by atoms with Crippen LogP contribution in [0.1, 0.15) is 65.5 Å². The summed E-state index contributed by atoms with van der Waals surface area (Å²) in [7, 11) is 0. The Morgan fingerprint density at radius 2 is 1.96 bits per heavy atom. The van der Waals surface area contributed by atoms with Crippen LogP contribution in [0.25, 0.3) is 0 Å². The average Bonchev–Trinajstić information content (AvgIpc) is 3.06. The predicted molar refractivity (Wildman–Crippen MR) is 100.0 cm³/mol. The van der Waals surface area contributed by atoms with E-state index in [1.165, 1.54) is 0 Å². The van der Waals surface area contributed by atoms with Gasteiger partial charge in [0.15, 0.2) is 5.82 Å². The number of benzene rings is 1. The van der Waals surface area contributed by atoms with Gasteiger partial charge in [0, 0.05) is 19.1 Å². The van der Waals surface area contributed by atoms with Crippen molar-refractivity contribution >= 4 is 11.8 Å². The molecule has 1 aromatic carbocycles. The van der Waals surface area contributed by atoms with Crippen molar-refractivity contribution in [2.45, 2.75) is 58.7 Å². The Kier molecular flexibility index (Phi) is 5.71. The minimum Gasteiger partial charge on any atom is -0.348 e. The van der Waals surface area contributed by atoms with E-state index in [1.807, 2.05) is 48.7 Å². The molecule has 1 aromatic heterocycles. The van der Waals surface area contributed by atoms with Gasteiger partial charge in [-0.1, -0.05) is 37.3 Å². The molecular weight excluding hydrogens is 328 g/mol. The minimum atomic E-state index is -0.236. The predicted octanol–water partition coefficient (Wildman–Crippen LogP) is 2.68. The third-order valence-corrected chi connectivity index (χ3v) is 4.82. The third-order valence-electron chi connectivity index (χ3n) is 4.82. The molecule has 6 nitrogen and oxygen atoms in total. The molecular formula is C20H26N4O2. The highest BCUT2D eigenvalue weighted by Gasteiger charge is 2.27. The first kappa shape index (κ1) is 18.2. The second-order valence-electron chi connectivity index (χ2n) is 6.79. The first-order valence-electron chi connectivity index (χ1n) is 9.32. The van der Waals surface area contributed by atoms with E-state index < -0.39 is 0 Å². The van der Waals surface area contributed by atoms with Gasteiger partial charge in [-0.25, -0.2) is 4.98 Å². The lowest BCUT2D eigenvalue weighted by atomic mass is 10.1. The van der Waals surface area contributed by atoms with Crippen LogP contribution in [0.15, 0.2) is 30.3 Å². The van der Waals surface area contributed by atoms with Crippen molar-refractivity contribution in [1.82, 2.24) is 20.2 Å². The number of fused-ring (bicyclic) bond motifs is 1. The number of nitrogens with one attached hydrogen (secondary N) is 2. The van der Waals surface area contributed by atoms with Crippen molar-refractivity contribution in [2.75, 3.05) is 0 Å². The largest absolute Gasteiger partial charge is 0.348 e. The average molecular weight is 354 g/mol. The topological polar surface area (TPSA) is 76.0 Å². The molecule has 0 radical (unpaired) electrons. The Labute approximate surface area is 154 Å². The van der Waals surface area contributed by atoms with Gasteiger partial charge >= 0.3 is 0 Å². The maximum atomic E-state index is 12.7. The first-order chi connectivity index (χ1) is 12.6. The molecule has 1 aliphatic rings. The molecule has 1 aliphatic heterocycles. The number of aromatic nitrogens is 2. The van der Waals surface area contributed by atoms with E-state index in [4.69, 9.17) is 0 Å². The molecule has 0 aliphatic carbocycles. The summed E-state index contributed by atoms with van der Waals surface area (Å²) in [5.41, 5.74) is 2.30. The second-order valence-corrected chi connectivity index (χ2v) is 6.79. The lowest BCUT2D eigenvalue weighted by Crippen LogP contribution is -2.33. The number of imidazole rings is 1. The normalized spacial score (nSPS) is 14.4. The molecule has 2 N–H and O–H groups in total. The molecule has 26 heavy (non-hydrogen) atoms. The third kappa shape index (κ3) is 3.95. The summed E-state index contributed by atoms with van der Waals surface area (Å²) in [6.45, 7) is 5.16. The number of rotatable bonds is 6. The van der Waals surface area contributed by atoms with E-state index in [0.717, 1.165) is 43.5 Å². The van der Waals surface area contributed by atoms with Crippen molar-refractivity contribution in [3.63, 3.8) is 0 Å². The van der Waals surface area contributed by atoms with E-state index in [9.17, 15) is 9.59 Å². The summed E-state index contributed by atoms with van der Waals surface area (Å²) >= 11 is 0. The molecule has 0 spiro atoms. The molecule has 0 saturated carbocycles. The van der Waals surface area contributed by atoms with Crippen molar-refractivity contribution in [2.24, 2.45) is 0 Å². The van der Waals surface area contributed by atoms with Crippen LogP contribution in [0.4, 0.5) is 0 Å². The highest BCUT2D eigenvalue weighted by atomic mass is 16.2. The molecule has 2 amide bonds. The van der Waals surface area contributed by atoms with Gasteiger partial charge in [-0.3, -0.25) is 9.59 Å². The summed E-state index contributed by atoms with van der Waals surface area (Å²) in [5.74, 6) is -0.0864. The maximum absolute atomic E-state index is 12.7. The van der Waals surface area contributed by atoms with E-state index in [-0.39, 0.29) is 17.9 Å². The van der Waals surface area contributed by atoms with Crippen molar-refractivity contribution < 1.29 is 9.59 Å². The van der Waals surface area contributed by atoms with Crippen LogP contribution in [0, 0.1) is 0 Å². The van der Waals surface area contributed by atoms with Crippen LogP contribution < -0.4 is 10.6 Å². The fraction of sp³-hybridized carbons (Fsp3) is 0.450. The number of carbonyl (C=O) groups is 2. The summed E-state index contributed by atoms with van der Waals surface area (Å²) < 4.78 is 1.91. The van der Waals surface area contributed by atoms with Crippen LogP contribution in [0.5, 0.6) is 0 Å². The fourth-order valence-electron chi connectivity index (χ4n) is 3.15. The zero-order valence-corrected chi connectivity index (χ0v) is 15.4. The van der Waals surface area contributed by atoms with Crippen LogP contribution in [-0.4, -0.2) is 27.4 Å². The molecule has 0 saturated heterocycles. The highest BCUT2D eigenvalue weighted by Crippen LogP contribution is 2.21.